The molecule has 1 aromatic carbocycles. The van der Waals surface area contributed by atoms with Crippen molar-refractivity contribution < 1.29 is 5.11 Å². The van der Waals surface area contributed by atoms with Gasteiger partial charge < -0.3 is 19.9 Å². The average molecular weight is 462 g/mol. The number of phenolic OH excluding ortho intramolecular Hbond substituents is 1. The number of aromatic hydroxyl groups is 1. The van der Waals surface area contributed by atoms with Crippen LogP contribution in [0.4, 0.5) is 5.69 Å². The predicted octanol–water partition coefficient (Wildman–Crippen LogP) is 5.11. The van der Waals surface area contributed by atoms with Crippen molar-refractivity contribution >= 4 is 34.6 Å². The molecule has 6 nitrogen and oxygen atoms in total. The maximum Gasteiger partial charge on any atom is 0.174 e. The van der Waals surface area contributed by atoms with E-state index in [1.54, 1.807) is 24.4 Å². The van der Waals surface area contributed by atoms with E-state index in [-0.39, 0.29) is 17.8 Å². The first-order chi connectivity index (χ1) is 15.5. The predicted molar refractivity (Wildman–Crippen MR) is 129 cm³/mol. The van der Waals surface area contributed by atoms with Gasteiger partial charge in [0.15, 0.2) is 5.11 Å². The normalized spacial score (nSPS) is 18.1. The number of rotatable bonds is 4. The zero-order valence-electron chi connectivity index (χ0n) is 17.2. The van der Waals surface area contributed by atoms with Crippen LogP contribution in [-0.4, -0.2) is 24.8 Å². The first-order valence-corrected chi connectivity index (χ1v) is 10.9. The molecule has 1 saturated heterocycles. The third-order valence-electron chi connectivity index (χ3n) is 5.52. The molecule has 2 atom stereocenters. The summed E-state index contributed by atoms with van der Waals surface area (Å²) in [6.45, 7) is 2.01. The molecule has 0 unspecified atom stereocenters. The number of hydrogen-bond donors (Lipinski definition) is 2. The van der Waals surface area contributed by atoms with E-state index in [9.17, 15) is 5.11 Å². The SMILES string of the molecule is Cc1ccc(-n2cccc2[C@@H]2[C@@H](c3ccccn3)NC(=S)N2c2cc(Cl)ccc2O)nc1. The summed E-state index contributed by atoms with van der Waals surface area (Å²) >= 11 is 12.0. The van der Waals surface area contributed by atoms with Gasteiger partial charge in [-0.2, -0.15) is 0 Å². The molecule has 4 heterocycles. The molecule has 2 N–H and O–H groups in total. The van der Waals surface area contributed by atoms with Crippen LogP contribution >= 0.6 is 23.8 Å². The van der Waals surface area contributed by atoms with Crippen LogP contribution in [0.2, 0.25) is 5.02 Å². The van der Waals surface area contributed by atoms with Crippen molar-refractivity contribution in [3.63, 3.8) is 0 Å². The fourth-order valence-electron chi connectivity index (χ4n) is 4.05. The molecule has 0 bridgehead atoms. The highest BCUT2D eigenvalue weighted by molar-refractivity contribution is 7.80. The van der Waals surface area contributed by atoms with E-state index < -0.39 is 0 Å². The highest BCUT2D eigenvalue weighted by Gasteiger charge is 2.43. The van der Waals surface area contributed by atoms with Crippen molar-refractivity contribution in [1.29, 1.82) is 0 Å². The van der Waals surface area contributed by atoms with E-state index in [1.165, 1.54) is 0 Å². The second-order valence-electron chi connectivity index (χ2n) is 7.63. The topological polar surface area (TPSA) is 66.2 Å². The van der Waals surface area contributed by atoms with Gasteiger partial charge in [-0.25, -0.2) is 4.98 Å². The summed E-state index contributed by atoms with van der Waals surface area (Å²) in [7, 11) is 0. The lowest BCUT2D eigenvalue weighted by atomic mass is 10.0. The molecule has 0 amide bonds. The van der Waals surface area contributed by atoms with Gasteiger partial charge in [0, 0.05) is 29.3 Å². The third-order valence-corrected chi connectivity index (χ3v) is 6.07. The Morgan fingerprint density at radius 2 is 1.94 bits per heavy atom. The zero-order chi connectivity index (χ0) is 22.2. The lowest BCUT2D eigenvalue weighted by Crippen LogP contribution is -2.30. The molecular weight excluding hydrogens is 442 g/mol. The highest BCUT2D eigenvalue weighted by Crippen LogP contribution is 2.45. The molecule has 1 aliphatic heterocycles. The van der Waals surface area contributed by atoms with Crippen LogP contribution < -0.4 is 10.2 Å². The second-order valence-corrected chi connectivity index (χ2v) is 8.45. The molecule has 0 spiro atoms. The van der Waals surface area contributed by atoms with Gasteiger partial charge in [-0.05, 0) is 73.2 Å². The van der Waals surface area contributed by atoms with Crippen LogP contribution in [0.3, 0.4) is 0 Å². The lowest BCUT2D eigenvalue weighted by molar-refractivity contribution is 0.472. The van der Waals surface area contributed by atoms with Crippen molar-refractivity contribution in [2.24, 2.45) is 0 Å². The van der Waals surface area contributed by atoms with Crippen molar-refractivity contribution in [2.75, 3.05) is 4.90 Å². The summed E-state index contributed by atoms with van der Waals surface area (Å²) in [5.41, 5.74) is 3.41. The molecule has 160 valence electrons. The van der Waals surface area contributed by atoms with E-state index in [4.69, 9.17) is 23.8 Å². The Hall–Kier alpha value is -3.42. The smallest absolute Gasteiger partial charge is 0.174 e. The standard InChI is InChI=1S/C24H20ClN5OS/c1-15-7-10-21(27-14-15)29-12-4-6-18(29)23-22(17-5-2-3-11-26-17)28-24(32)30(23)19-13-16(25)8-9-20(19)31/h2-14,22-23,31H,1H3,(H,28,32)/t22-,23-/m1/s1. The number of thiocarbonyl (C=S) groups is 1. The summed E-state index contributed by atoms with van der Waals surface area (Å²) in [6, 6.07) is 18.2. The Morgan fingerprint density at radius 1 is 1.06 bits per heavy atom. The van der Waals surface area contributed by atoms with Gasteiger partial charge in [-0.3, -0.25) is 4.98 Å². The maximum atomic E-state index is 10.7. The summed E-state index contributed by atoms with van der Waals surface area (Å²) in [6.07, 6.45) is 5.57. The number of benzene rings is 1. The van der Waals surface area contributed by atoms with Crippen molar-refractivity contribution in [3.05, 3.63) is 101 Å². The maximum absolute atomic E-state index is 10.7. The number of nitrogens with one attached hydrogen (secondary N) is 1. The number of hydrogen-bond acceptors (Lipinski definition) is 4. The molecular formula is C24H20ClN5OS. The van der Waals surface area contributed by atoms with Crippen LogP contribution in [0.15, 0.2) is 79.3 Å². The van der Waals surface area contributed by atoms with Crippen molar-refractivity contribution in [3.8, 4) is 11.6 Å². The quantitative estimate of drug-likeness (QED) is 0.411. The summed E-state index contributed by atoms with van der Waals surface area (Å²) in [5.74, 6) is 0.889. The monoisotopic (exact) mass is 461 g/mol. The number of pyridine rings is 2. The Bertz CT molecular complexity index is 1280. The molecule has 3 aromatic heterocycles. The van der Waals surface area contributed by atoms with Gasteiger partial charge in [0.05, 0.1) is 17.4 Å². The molecule has 0 radical (unpaired) electrons. The van der Waals surface area contributed by atoms with Gasteiger partial charge in [0.25, 0.3) is 0 Å². The number of nitrogens with zero attached hydrogens (tertiary/aromatic N) is 4. The minimum absolute atomic E-state index is 0.0942. The minimum atomic E-state index is -0.306. The van der Waals surface area contributed by atoms with E-state index in [0.29, 0.717) is 15.8 Å². The largest absolute Gasteiger partial charge is 0.506 e. The van der Waals surface area contributed by atoms with E-state index in [1.807, 2.05) is 71.2 Å². The van der Waals surface area contributed by atoms with Gasteiger partial charge in [0.2, 0.25) is 0 Å². The molecule has 32 heavy (non-hydrogen) atoms. The molecule has 1 aliphatic rings. The number of halogens is 1. The zero-order valence-corrected chi connectivity index (χ0v) is 18.8. The number of aromatic nitrogens is 3. The van der Waals surface area contributed by atoms with Gasteiger partial charge in [-0.1, -0.05) is 23.7 Å². The Kier molecular flexibility index (Phi) is 5.28. The third kappa shape index (κ3) is 3.59. The fourth-order valence-corrected chi connectivity index (χ4v) is 4.56. The first-order valence-electron chi connectivity index (χ1n) is 10.1. The van der Waals surface area contributed by atoms with Crippen LogP contribution in [0, 0.1) is 6.92 Å². The molecule has 1 fully saturated rings. The minimum Gasteiger partial charge on any atom is -0.506 e. The van der Waals surface area contributed by atoms with E-state index >= 15 is 0 Å². The first kappa shape index (κ1) is 20.5. The summed E-state index contributed by atoms with van der Waals surface area (Å²) in [4.78, 5) is 11.1. The Morgan fingerprint density at radius 3 is 2.69 bits per heavy atom. The molecule has 0 saturated carbocycles. The van der Waals surface area contributed by atoms with Gasteiger partial charge >= 0.3 is 0 Å². The Labute approximate surface area is 196 Å². The number of phenols is 1. The van der Waals surface area contributed by atoms with E-state index in [2.05, 4.69) is 15.3 Å². The number of aryl methyl sites for hydroxylation is 1. The molecule has 5 rings (SSSR count). The second kappa shape index (κ2) is 8.26. The Balaban J connectivity index is 1.69. The van der Waals surface area contributed by atoms with Gasteiger partial charge in [-0.15, -0.1) is 0 Å². The summed E-state index contributed by atoms with van der Waals surface area (Å²) in [5, 5.41) is 15.1. The lowest BCUT2D eigenvalue weighted by Gasteiger charge is -2.29. The van der Waals surface area contributed by atoms with Crippen LogP contribution in [0.25, 0.3) is 5.82 Å². The highest BCUT2D eigenvalue weighted by atomic mass is 35.5. The number of anilines is 1. The van der Waals surface area contributed by atoms with Gasteiger partial charge in [0.1, 0.15) is 17.6 Å². The van der Waals surface area contributed by atoms with Crippen LogP contribution in [0.1, 0.15) is 29.0 Å². The van der Waals surface area contributed by atoms with Crippen LogP contribution in [-0.2, 0) is 0 Å². The summed E-state index contributed by atoms with van der Waals surface area (Å²) < 4.78 is 2.03. The molecule has 4 aromatic rings. The van der Waals surface area contributed by atoms with Crippen LogP contribution in [0.5, 0.6) is 5.75 Å². The molecule has 8 heteroatoms. The van der Waals surface area contributed by atoms with E-state index in [0.717, 1.165) is 22.8 Å². The van der Waals surface area contributed by atoms with Crippen molar-refractivity contribution in [1.82, 2.24) is 19.9 Å². The van der Waals surface area contributed by atoms with Crippen molar-refractivity contribution in [2.45, 2.75) is 19.0 Å². The average Bonchev–Trinajstić information content (AvgIpc) is 3.41. The fraction of sp³-hybridized carbons (Fsp3) is 0.125. The molecule has 0 aliphatic carbocycles.